The van der Waals surface area contributed by atoms with E-state index in [1.54, 1.807) is 32.0 Å². The van der Waals surface area contributed by atoms with E-state index in [1.165, 1.54) is 0 Å². The Morgan fingerprint density at radius 3 is 2.25 bits per heavy atom. The lowest BCUT2D eigenvalue weighted by molar-refractivity contribution is -0.143. The van der Waals surface area contributed by atoms with Crippen LogP contribution in [0.1, 0.15) is 31.4 Å². The van der Waals surface area contributed by atoms with Crippen molar-refractivity contribution in [1.29, 1.82) is 0 Å². The van der Waals surface area contributed by atoms with Crippen LogP contribution < -0.4 is 0 Å². The molecule has 0 radical (unpaired) electrons. The monoisotopic (exact) mass is 396 g/mol. The third-order valence-electron chi connectivity index (χ3n) is 5.59. The highest BCUT2D eigenvalue weighted by Gasteiger charge is 2.51. The molecule has 0 saturated heterocycles. The fourth-order valence-electron chi connectivity index (χ4n) is 4.17. The molecule has 3 atom stereocenters. The number of rotatable bonds is 7. The molecule has 0 amide bonds. The largest absolute Gasteiger partial charge is 0.481 e. The van der Waals surface area contributed by atoms with Gasteiger partial charge in [-0.05, 0) is 35.2 Å². The molecule has 28 heavy (non-hydrogen) atoms. The molecule has 3 unspecified atom stereocenters. The summed E-state index contributed by atoms with van der Waals surface area (Å²) in [6.07, 6.45) is 0.243. The van der Waals surface area contributed by atoms with Crippen LogP contribution in [0.2, 0.25) is 0 Å². The quantitative estimate of drug-likeness (QED) is 0.522. The average Bonchev–Trinajstić information content (AvgIpc) is 2.68. The normalized spacial score (nSPS) is 16.8. The van der Waals surface area contributed by atoms with E-state index in [4.69, 9.17) is 0 Å². The van der Waals surface area contributed by atoms with Gasteiger partial charge in [0.1, 0.15) is 5.41 Å². The van der Waals surface area contributed by atoms with Gasteiger partial charge in [-0.3, -0.25) is 9.36 Å². The number of carbonyl (C=O) groups is 1. The molecule has 5 heteroatoms. The first-order valence-corrected chi connectivity index (χ1v) is 11.3. The van der Waals surface area contributed by atoms with E-state index >= 15 is 0 Å². The Morgan fingerprint density at radius 2 is 1.61 bits per heavy atom. The van der Waals surface area contributed by atoms with E-state index in [1.807, 2.05) is 54.6 Å². The molecule has 0 bridgehead atoms. The number of carboxylic acids is 1. The lowest BCUT2D eigenvalue weighted by Gasteiger charge is -2.37. The lowest BCUT2D eigenvalue weighted by atomic mass is 9.76. The van der Waals surface area contributed by atoms with E-state index in [-0.39, 0.29) is 12.6 Å². The van der Waals surface area contributed by atoms with Gasteiger partial charge in [-0.2, -0.15) is 0 Å². The Labute approximate surface area is 165 Å². The third kappa shape index (κ3) is 3.63. The molecule has 0 fully saturated rings. The van der Waals surface area contributed by atoms with Gasteiger partial charge in [0, 0.05) is 6.16 Å². The summed E-state index contributed by atoms with van der Waals surface area (Å²) >= 11 is 0. The summed E-state index contributed by atoms with van der Waals surface area (Å²) in [5.41, 5.74) is -1.09. The first-order valence-electron chi connectivity index (χ1n) is 9.37. The predicted molar refractivity (Wildman–Crippen MR) is 113 cm³/mol. The highest BCUT2D eigenvalue weighted by atomic mass is 31.2. The molecule has 0 saturated carbocycles. The fraction of sp³-hybridized carbons (Fsp3) is 0.261. The Bertz CT molecular complexity index is 1030. The summed E-state index contributed by atoms with van der Waals surface area (Å²) in [6.45, 7) is 3.37. The van der Waals surface area contributed by atoms with Crippen LogP contribution in [-0.2, 0) is 20.9 Å². The zero-order valence-electron chi connectivity index (χ0n) is 16.1. The molecule has 0 aliphatic heterocycles. The van der Waals surface area contributed by atoms with Crippen LogP contribution in [-0.4, -0.2) is 21.6 Å². The molecule has 3 aromatic rings. The first-order chi connectivity index (χ1) is 13.3. The molecular formula is C23H25O4P. The summed E-state index contributed by atoms with van der Waals surface area (Å²) < 4.78 is 13.5. The van der Waals surface area contributed by atoms with Gasteiger partial charge >= 0.3 is 5.97 Å². The molecule has 4 nitrogen and oxygen atoms in total. The molecule has 0 aromatic heterocycles. The van der Waals surface area contributed by atoms with E-state index in [9.17, 15) is 19.4 Å². The van der Waals surface area contributed by atoms with Gasteiger partial charge in [-0.15, -0.1) is 0 Å². The number of aliphatic carboxylic acids is 1. The number of hydrogen-bond donors (Lipinski definition) is 2. The molecule has 0 aliphatic rings. The van der Waals surface area contributed by atoms with E-state index in [0.29, 0.717) is 5.56 Å². The van der Waals surface area contributed by atoms with Crippen molar-refractivity contribution in [3.63, 3.8) is 0 Å². The van der Waals surface area contributed by atoms with Crippen molar-refractivity contribution < 1.29 is 19.4 Å². The van der Waals surface area contributed by atoms with Crippen LogP contribution in [0.15, 0.2) is 72.8 Å². The lowest BCUT2D eigenvalue weighted by Crippen LogP contribution is -2.44. The minimum Gasteiger partial charge on any atom is -0.481 e. The van der Waals surface area contributed by atoms with Crippen LogP contribution in [0.25, 0.3) is 10.8 Å². The Morgan fingerprint density at radius 1 is 1.00 bits per heavy atom. The van der Waals surface area contributed by atoms with Crippen LogP contribution in [0.3, 0.4) is 0 Å². The highest BCUT2D eigenvalue weighted by Crippen LogP contribution is 2.58. The molecule has 146 valence electrons. The topological polar surface area (TPSA) is 74.6 Å². The van der Waals surface area contributed by atoms with E-state index in [0.717, 1.165) is 16.3 Å². The summed E-state index contributed by atoms with van der Waals surface area (Å²) in [7, 11) is -3.82. The van der Waals surface area contributed by atoms with E-state index < -0.39 is 24.4 Å². The number of benzene rings is 3. The number of carboxylic acid groups (broad SMARTS) is 1. The van der Waals surface area contributed by atoms with Crippen LogP contribution in [0.4, 0.5) is 0 Å². The van der Waals surface area contributed by atoms with Crippen molar-refractivity contribution in [3.8, 4) is 0 Å². The molecule has 3 aromatic carbocycles. The van der Waals surface area contributed by atoms with Crippen LogP contribution in [0.5, 0.6) is 0 Å². The van der Waals surface area contributed by atoms with Gasteiger partial charge in [-0.1, -0.05) is 79.7 Å². The van der Waals surface area contributed by atoms with Gasteiger partial charge in [0.2, 0.25) is 7.37 Å². The second-order valence-corrected chi connectivity index (χ2v) is 9.81. The fourth-order valence-corrected chi connectivity index (χ4v) is 6.75. The van der Waals surface area contributed by atoms with Crippen molar-refractivity contribution >= 4 is 24.1 Å². The average molecular weight is 396 g/mol. The Balaban J connectivity index is 2.15. The summed E-state index contributed by atoms with van der Waals surface area (Å²) in [5, 5.41) is 12.0. The second kappa shape index (κ2) is 7.90. The minimum absolute atomic E-state index is 0.0417. The molecular weight excluding hydrogens is 371 g/mol. The van der Waals surface area contributed by atoms with Gasteiger partial charge in [0.15, 0.2) is 0 Å². The molecule has 3 rings (SSSR count). The standard InChI is InChI=1S/C23H25O4P/c1-3-21(28(26,27)16-17-10-5-4-6-11-17)23(2,22(24)25)20-15-9-13-18-12-7-8-14-19(18)20/h4-15,21H,3,16H2,1-2H3,(H,24,25)(H,26,27). The minimum atomic E-state index is -3.82. The predicted octanol–water partition coefficient (Wildman–Crippen LogP) is 5.43. The second-order valence-electron chi connectivity index (χ2n) is 7.36. The molecule has 0 spiro atoms. The van der Waals surface area contributed by atoms with Gasteiger partial charge in [0.25, 0.3) is 0 Å². The van der Waals surface area contributed by atoms with Gasteiger partial charge < -0.3 is 10.00 Å². The maximum absolute atomic E-state index is 13.5. The molecule has 0 heterocycles. The van der Waals surface area contributed by atoms with E-state index in [2.05, 4.69) is 0 Å². The molecule has 2 N–H and O–H groups in total. The SMILES string of the molecule is CCC(C(C)(C(=O)O)c1cccc2ccccc12)P(=O)(O)Cc1ccccc1. The molecule has 0 aliphatic carbocycles. The third-order valence-corrected chi connectivity index (χ3v) is 8.26. The van der Waals surface area contributed by atoms with Gasteiger partial charge in [-0.25, -0.2) is 0 Å². The van der Waals surface area contributed by atoms with Crippen LogP contribution >= 0.6 is 7.37 Å². The van der Waals surface area contributed by atoms with Crippen LogP contribution in [0, 0.1) is 0 Å². The summed E-state index contributed by atoms with van der Waals surface area (Å²) in [4.78, 5) is 23.6. The van der Waals surface area contributed by atoms with Crippen molar-refractivity contribution in [2.75, 3.05) is 0 Å². The first kappa shape index (κ1) is 20.3. The highest BCUT2D eigenvalue weighted by molar-refractivity contribution is 7.58. The van der Waals surface area contributed by atoms with Gasteiger partial charge in [0.05, 0.1) is 5.66 Å². The Hall–Kier alpha value is -2.42. The number of hydrogen-bond acceptors (Lipinski definition) is 2. The summed E-state index contributed by atoms with van der Waals surface area (Å²) in [5.74, 6) is -1.09. The maximum atomic E-state index is 13.5. The van der Waals surface area contributed by atoms with Crippen molar-refractivity contribution in [2.24, 2.45) is 0 Å². The number of fused-ring (bicyclic) bond motifs is 1. The summed E-state index contributed by atoms with van der Waals surface area (Å²) in [6, 6.07) is 22.1. The Kier molecular flexibility index (Phi) is 5.74. The van der Waals surface area contributed by atoms with Crippen molar-refractivity contribution in [3.05, 3.63) is 83.9 Å². The smallest absolute Gasteiger partial charge is 0.314 e. The zero-order valence-corrected chi connectivity index (χ0v) is 17.0. The zero-order chi connectivity index (χ0) is 20.4. The van der Waals surface area contributed by atoms with Crippen molar-refractivity contribution in [2.45, 2.75) is 37.5 Å². The van der Waals surface area contributed by atoms with Crippen molar-refractivity contribution in [1.82, 2.24) is 0 Å². The maximum Gasteiger partial charge on any atom is 0.314 e.